The second kappa shape index (κ2) is 5.21. The SMILES string of the molecule is CCCCN1C(=O)[C@@H](C)CNc2ccccc21. The largest absolute Gasteiger partial charge is 0.383 e. The number of para-hydroxylation sites is 2. The van der Waals surface area contributed by atoms with Crippen LogP contribution in [0.4, 0.5) is 11.4 Å². The average molecular weight is 232 g/mol. The summed E-state index contributed by atoms with van der Waals surface area (Å²) in [5, 5.41) is 3.35. The highest BCUT2D eigenvalue weighted by molar-refractivity contribution is 5.99. The first kappa shape index (κ1) is 12.0. The molecule has 1 aliphatic heterocycles. The van der Waals surface area contributed by atoms with Crippen LogP contribution in [0.3, 0.4) is 0 Å². The van der Waals surface area contributed by atoms with Crippen molar-refractivity contribution in [3.8, 4) is 0 Å². The zero-order chi connectivity index (χ0) is 12.3. The van der Waals surface area contributed by atoms with Crippen LogP contribution >= 0.6 is 0 Å². The Hall–Kier alpha value is -1.51. The van der Waals surface area contributed by atoms with Crippen molar-refractivity contribution in [3.05, 3.63) is 24.3 Å². The minimum absolute atomic E-state index is 0.0410. The molecule has 0 unspecified atom stereocenters. The topological polar surface area (TPSA) is 32.3 Å². The number of hydrogen-bond acceptors (Lipinski definition) is 2. The van der Waals surface area contributed by atoms with Crippen LogP contribution in [-0.2, 0) is 4.79 Å². The number of carbonyl (C=O) groups excluding carboxylic acids is 1. The zero-order valence-electron chi connectivity index (χ0n) is 10.6. The van der Waals surface area contributed by atoms with Gasteiger partial charge in [0, 0.05) is 13.1 Å². The van der Waals surface area contributed by atoms with E-state index in [2.05, 4.69) is 12.2 Å². The summed E-state index contributed by atoms with van der Waals surface area (Å²) in [7, 11) is 0. The molecule has 1 atom stereocenters. The maximum atomic E-state index is 12.3. The molecule has 1 N–H and O–H groups in total. The molecule has 3 heteroatoms. The van der Waals surface area contributed by atoms with Crippen molar-refractivity contribution in [1.29, 1.82) is 0 Å². The van der Waals surface area contributed by atoms with Gasteiger partial charge in [0.25, 0.3) is 0 Å². The average Bonchev–Trinajstić information content (AvgIpc) is 2.47. The lowest BCUT2D eigenvalue weighted by molar-refractivity contribution is -0.121. The van der Waals surface area contributed by atoms with E-state index < -0.39 is 0 Å². The summed E-state index contributed by atoms with van der Waals surface area (Å²) >= 11 is 0. The summed E-state index contributed by atoms with van der Waals surface area (Å²) < 4.78 is 0. The van der Waals surface area contributed by atoms with Crippen molar-refractivity contribution in [3.63, 3.8) is 0 Å². The van der Waals surface area contributed by atoms with E-state index in [9.17, 15) is 4.79 Å². The monoisotopic (exact) mass is 232 g/mol. The third-order valence-electron chi connectivity index (χ3n) is 3.22. The Labute approximate surface area is 103 Å². The van der Waals surface area contributed by atoms with Gasteiger partial charge in [-0.2, -0.15) is 0 Å². The lowest BCUT2D eigenvalue weighted by Crippen LogP contribution is -2.36. The number of anilines is 2. The minimum Gasteiger partial charge on any atom is -0.383 e. The number of nitrogens with one attached hydrogen (secondary N) is 1. The Balaban J connectivity index is 2.33. The van der Waals surface area contributed by atoms with Gasteiger partial charge in [-0.3, -0.25) is 4.79 Å². The van der Waals surface area contributed by atoms with E-state index in [4.69, 9.17) is 0 Å². The quantitative estimate of drug-likeness (QED) is 0.869. The smallest absolute Gasteiger partial charge is 0.231 e. The molecule has 1 aliphatic rings. The van der Waals surface area contributed by atoms with Crippen LogP contribution in [0.15, 0.2) is 24.3 Å². The summed E-state index contributed by atoms with van der Waals surface area (Å²) in [5.74, 6) is 0.273. The standard InChI is InChI=1S/C14H20N2O/c1-3-4-9-16-13-8-6-5-7-12(13)15-10-11(2)14(16)17/h5-8,11,15H,3-4,9-10H2,1-2H3/t11-/m0/s1. The summed E-state index contributed by atoms with van der Waals surface area (Å²) in [5.41, 5.74) is 2.09. The Morgan fingerprint density at radius 1 is 1.41 bits per heavy atom. The van der Waals surface area contributed by atoms with Gasteiger partial charge in [0.15, 0.2) is 0 Å². The molecule has 0 spiro atoms. The van der Waals surface area contributed by atoms with E-state index in [1.54, 1.807) is 0 Å². The third-order valence-corrected chi connectivity index (χ3v) is 3.22. The lowest BCUT2D eigenvalue weighted by atomic mass is 10.1. The second-order valence-corrected chi connectivity index (χ2v) is 4.64. The zero-order valence-corrected chi connectivity index (χ0v) is 10.6. The number of amides is 1. The lowest BCUT2D eigenvalue weighted by Gasteiger charge is -2.23. The summed E-state index contributed by atoms with van der Waals surface area (Å²) in [4.78, 5) is 14.2. The molecule has 1 aromatic carbocycles. The summed E-state index contributed by atoms with van der Waals surface area (Å²) in [6.45, 7) is 5.67. The van der Waals surface area contributed by atoms with Crippen LogP contribution in [0, 0.1) is 5.92 Å². The number of hydrogen-bond donors (Lipinski definition) is 1. The molecule has 1 amide bonds. The number of benzene rings is 1. The predicted molar refractivity (Wildman–Crippen MR) is 71.4 cm³/mol. The van der Waals surface area contributed by atoms with E-state index in [0.29, 0.717) is 0 Å². The van der Waals surface area contributed by atoms with Gasteiger partial charge >= 0.3 is 0 Å². The van der Waals surface area contributed by atoms with Crippen LogP contribution in [0.2, 0.25) is 0 Å². The molecule has 1 heterocycles. The highest BCUT2D eigenvalue weighted by Gasteiger charge is 2.26. The Morgan fingerprint density at radius 3 is 2.94 bits per heavy atom. The first-order valence-electron chi connectivity index (χ1n) is 6.38. The molecule has 2 rings (SSSR count). The van der Waals surface area contributed by atoms with Crippen molar-refractivity contribution < 1.29 is 4.79 Å². The fourth-order valence-corrected chi connectivity index (χ4v) is 2.14. The first-order chi connectivity index (χ1) is 8.24. The van der Waals surface area contributed by atoms with Gasteiger partial charge < -0.3 is 10.2 Å². The molecule has 0 aliphatic carbocycles. The van der Waals surface area contributed by atoms with Crippen LogP contribution < -0.4 is 10.2 Å². The third kappa shape index (κ3) is 2.43. The first-order valence-corrected chi connectivity index (χ1v) is 6.38. The predicted octanol–water partition coefficient (Wildman–Crippen LogP) is 2.88. The molecule has 0 radical (unpaired) electrons. The van der Waals surface area contributed by atoms with Gasteiger partial charge in [0.1, 0.15) is 0 Å². The molecular formula is C14H20N2O. The number of carbonyl (C=O) groups is 1. The normalized spacial score (nSPS) is 19.5. The second-order valence-electron chi connectivity index (χ2n) is 4.64. The van der Waals surface area contributed by atoms with Crippen molar-refractivity contribution >= 4 is 17.3 Å². The molecule has 17 heavy (non-hydrogen) atoms. The van der Waals surface area contributed by atoms with Gasteiger partial charge in [0.05, 0.1) is 17.3 Å². The highest BCUT2D eigenvalue weighted by Crippen LogP contribution is 2.30. The van der Waals surface area contributed by atoms with E-state index in [1.807, 2.05) is 36.1 Å². The molecule has 0 bridgehead atoms. The maximum Gasteiger partial charge on any atom is 0.231 e. The Kier molecular flexibility index (Phi) is 3.67. The van der Waals surface area contributed by atoms with Crippen molar-refractivity contribution in [2.24, 2.45) is 5.92 Å². The van der Waals surface area contributed by atoms with E-state index >= 15 is 0 Å². The van der Waals surface area contributed by atoms with Gasteiger partial charge in [-0.1, -0.05) is 32.4 Å². The number of rotatable bonds is 3. The molecule has 0 aromatic heterocycles. The summed E-state index contributed by atoms with van der Waals surface area (Å²) in [6, 6.07) is 8.06. The molecular weight excluding hydrogens is 212 g/mol. The molecule has 1 aromatic rings. The minimum atomic E-state index is 0.0410. The van der Waals surface area contributed by atoms with Crippen molar-refractivity contribution in [2.75, 3.05) is 23.3 Å². The van der Waals surface area contributed by atoms with Crippen LogP contribution in [-0.4, -0.2) is 19.0 Å². The van der Waals surface area contributed by atoms with Gasteiger partial charge in [0.2, 0.25) is 5.91 Å². The van der Waals surface area contributed by atoms with E-state index in [0.717, 1.165) is 37.3 Å². The molecule has 3 nitrogen and oxygen atoms in total. The maximum absolute atomic E-state index is 12.3. The molecule has 0 saturated carbocycles. The Morgan fingerprint density at radius 2 is 2.18 bits per heavy atom. The van der Waals surface area contributed by atoms with Crippen molar-refractivity contribution in [1.82, 2.24) is 0 Å². The number of unbranched alkanes of at least 4 members (excludes halogenated alkanes) is 1. The summed E-state index contributed by atoms with van der Waals surface area (Å²) in [6.07, 6.45) is 2.15. The van der Waals surface area contributed by atoms with Crippen LogP contribution in [0.25, 0.3) is 0 Å². The Bertz CT molecular complexity index is 403. The fraction of sp³-hybridized carbons (Fsp3) is 0.500. The van der Waals surface area contributed by atoms with Crippen LogP contribution in [0.1, 0.15) is 26.7 Å². The van der Waals surface area contributed by atoms with Gasteiger partial charge in [-0.05, 0) is 18.6 Å². The van der Waals surface area contributed by atoms with Gasteiger partial charge in [-0.15, -0.1) is 0 Å². The number of nitrogens with zero attached hydrogens (tertiary/aromatic N) is 1. The van der Waals surface area contributed by atoms with E-state index in [1.165, 1.54) is 0 Å². The van der Waals surface area contributed by atoms with E-state index in [-0.39, 0.29) is 11.8 Å². The molecule has 0 saturated heterocycles. The molecule has 0 fully saturated rings. The van der Waals surface area contributed by atoms with Gasteiger partial charge in [-0.25, -0.2) is 0 Å². The van der Waals surface area contributed by atoms with Crippen molar-refractivity contribution in [2.45, 2.75) is 26.7 Å². The highest BCUT2D eigenvalue weighted by atomic mass is 16.2. The number of fused-ring (bicyclic) bond motifs is 1. The van der Waals surface area contributed by atoms with Crippen LogP contribution in [0.5, 0.6) is 0 Å². The molecule has 92 valence electrons. The fourth-order valence-electron chi connectivity index (χ4n) is 2.14.